The Hall–Kier alpha value is -0.240. The van der Waals surface area contributed by atoms with Crippen LogP contribution in [-0.4, -0.2) is 13.0 Å². The lowest BCUT2D eigenvalue weighted by Crippen LogP contribution is -2.19. The second-order valence-electron chi connectivity index (χ2n) is 3.39. The number of hydrogen-bond acceptors (Lipinski definition) is 1. The van der Waals surface area contributed by atoms with Gasteiger partial charge in [0, 0.05) is 23.8 Å². The highest BCUT2D eigenvalue weighted by molar-refractivity contribution is 6.30. The molecule has 1 heterocycles. The fourth-order valence-corrected chi connectivity index (χ4v) is 1.98. The van der Waals surface area contributed by atoms with Crippen molar-refractivity contribution in [2.24, 2.45) is 5.89 Å². The van der Waals surface area contributed by atoms with Crippen LogP contribution in [0.15, 0.2) is 24.3 Å². The molecule has 0 bridgehead atoms. The third-order valence-electron chi connectivity index (χ3n) is 2.59. The Morgan fingerprint density at radius 3 is 3.14 bits per heavy atom. The Kier molecular flexibility index (Phi) is 1.40. The first-order chi connectivity index (χ1) is 8.21. The van der Waals surface area contributed by atoms with E-state index in [0.29, 0.717) is 10.6 Å². The van der Waals surface area contributed by atoms with E-state index in [-0.39, 0.29) is 19.0 Å². The number of hydrogen-bond donors (Lipinski definition) is 1. The molecule has 0 amide bonds. The molecule has 2 unspecified atom stereocenters. The number of piperidine rings is 1. The minimum absolute atomic E-state index is 0. The summed E-state index contributed by atoms with van der Waals surface area (Å²) >= 11 is 5.92. The van der Waals surface area contributed by atoms with Gasteiger partial charge in [-0.2, -0.15) is 0 Å². The molecule has 1 aliphatic heterocycles. The van der Waals surface area contributed by atoms with Crippen LogP contribution in [0.2, 0.25) is 5.02 Å². The standard InChI is InChI=1S/C11H12ClN.ClH/c12-10-3-1-2-8(4-10)11-5-9(11)6-13-7-11;/h1-4,9,13H,5-7H2;1H/i5D2,6D2,9D;. The molecule has 2 fully saturated rings. The van der Waals surface area contributed by atoms with E-state index in [1.54, 1.807) is 24.3 Å². The van der Waals surface area contributed by atoms with Crippen molar-refractivity contribution < 1.29 is 6.85 Å². The molecule has 1 aliphatic carbocycles. The molecule has 1 saturated carbocycles. The molecule has 1 saturated heterocycles. The topological polar surface area (TPSA) is 12.0 Å². The van der Waals surface area contributed by atoms with Crippen LogP contribution in [0.1, 0.15) is 18.8 Å². The average Bonchev–Trinajstić information content (AvgIpc) is 2.53. The van der Waals surface area contributed by atoms with Crippen molar-refractivity contribution in [1.82, 2.24) is 5.32 Å². The van der Waals surface area contributed by atoms with E-state index in [1.165, 1.54) is 0 Å². The van der Waals surface area contributed by atoms with Crippen molar-refractivity contribution in [3.05, 3.63) is 34.9 Å². The van der Waals surface area contributed by atoms with Gasteiger partial charge in [-0.25, -0.2) is 0 Å². The summed E-state index contributed by atoms with van der Waals surface area (Å²) < 4.78 is 39.9. The maximum absolute atomic E-state index is 8.27. The van der Waals surface area contributed by atoms with Gasteiger partial charge in [0.25, 0.3) is 0 Å². The van der Waals surface area contributed by atoms with Gasteiger partial charge in [0.2, 0.25) is 0 Å². The van der Waals surface area contributed by atoms with Gasteiger partial charge in [-0.05, 0) is 36.5 Å². The second kappa shape index (κ2) is 3.41. The number of rotatable bonds is 1. The van der Waals surface area contributed by atoms with Gasteiger partial charge in [-0.15, -0.1) is 12.4 Å². The van der Waals surface area contributed by atoms with Crippen LogP contribution in [-0.2, 0) is 5.41 Å². The van der Waals surface area contributed by atoms with E-state index < -0.39 is 24.2 Å². The monoisotopic (exact) mass is 234 g/mol. The zero-order valence-electron chi connectivity index (χ0n) is 12.3. The van der Waals surface area contributed by atoms with Crippen LogP contribution in [0.25, 0.3) is 0 Å². The zero-order valence-corrected chi connectivity index (χ0v) is 8.88. The lowest BCUT2D eigenvalue weighted by molar-refractivity contribution is 0.676. The fraction of sp³-hybridized carbons (Fsp3) is 0.455. The van der Waals surface area contributed by atoms with Crippen LogP contribution >= 0.6 is 24.0 Å². The lowest BCUT2D eigenvalue weighted by atomic mass is 9.95. The predicted molar refractivity (Wildman–Crippen MR) is 61.4 cm³/mol. The highest BCUT2D eigenvalue weighted by atomic mass is 35.5. The molecular formula is C11H13Cl2N. The minimum Gasteiger partial charge on any atom is -0.316 e. The minimum atomic E-state index is -2.04. The number of halogens is 2. The number of nitrogens with one attached hydrogen (secondary N) is 1. The Labute approximate surface area is 102 Å². The average molecular weight is 235 g/mol. The number of benzene rings is 1. The summed E-state index contributed by atoms with van der Waals surface area (Å²) in [6.45, 7) is -1.93. The van der Waals surface area contributed by atoms with E-state index in [2.05, 4.69) is 5.32 Å². The Bertz CT molecular complexity index is 538. The molecule has 2 aliphatic rings. The van der Waals surface area contributed by atoms with Gasteiger partial charge in [0.05, 0.1) is 0 Å². The van der Waals surface area contributed by atoms with Gasteiger partial charge in [-0.1, -0.05) is 23.7 Å². The molecule has 1 N–H and O–H groups in total. The molecule has 14 heavy (non-hydrogen) atoms. The second-order valence-corrected chi connectivity index (χ2v) is 3.83. The highest BCUT2D eigenvalue weighted by Crippen LogP contribution is 2.56. The summed E-state index contributed by atoms with van der Waals surface area (Å²) in [4.78, 5) is 0. The Morgan fingerprint density at radius 1 is 1.64 bits per heavy atom. The zero-order chi connectivity index (χ0) is 13.4. The van der Waals surface area contributed by atoms with E-state index in [4.69, 9.17) is 18.5 Å². The molecule has 0 radical (unpaired) electrons. The molecule has 3 rings (SSSR count). The van der Waals surface area contributed by atoms with Crippen molar-refractivity contribution >= 4 is 24.0 Å². The van der Waals surface area contributed by atoms with Crippen LogP contribution in [0.3, 0.4) is 0 Å². The van der Waals surface area contributed by atoms with E-state index in [0.717, 1.165) is 0 Å². The molecular weight excluding hydrogens is 217 g/mol. The predicted octanol–water partition coefficient (Wildman–Crippen LogP) is 2.62. The molecule has 76 valence electrons. The summed E-state index contributed by atoms with van der Waals surface area (Å²) in [7, 11) is 0. The molecule has 0 spiro atoms. The SMILES string of the molecule is Cl.[2H]C1([2H])NCC2(c3cccc(Cl)c3)C([2H])([2H])C12[2H]. The smallest absolute Gasteiger partial charge is 0.0431 e. The quantitative estimate of drug-likeness (QED) is 0.789. The van der Waals surface area contributed by atoms with Gasteiger partial charge < -0.3 is 5.32 Å². The van der Waals surface area contributed by atoms with Crippen LogP contribution in [0.4, 0.5) is 0 Å². The lowest BCUT2D eigenvalue weighted by Gasteiger charge is -2.11. The van der Waals surface area contributed by atoms with Crippen LogP contribution in [0.5, 0.6) is 0 Å². The van der Waals surface area contributed by atoms with Crippen molar-refractivity contribution in [3.8, 4) is 0 Å². The summed E-state index contributed by atoms with van der Waals surface area (Å²) in [5.41, 5.74) is -0.571. The van der Waals surface area contributed by atoms with Crippen LogP contribution < -0.4 is 5.32 Å². The van der Waals surface area contributed by atoms with Gasteiger partial charge in [0.15, 0.2) is 0 Å². The first-order valence-electron chi connectivity index (χ1n) is 6.72. The molecule has 0 aromatic heterocycles. The maximum atomic E-state index is 8.27. The number of fused-ring (bicyclic) bond motifs is 1. The molecule has 1 aromatic rings. The summed E-state index contributed by atoms with van der Waals surface area (Å²) in [5.74, 6) is -1.81. The Balaban J connectivity index is 0.00000133. The first-order valence-corrected chi connectivity index (χ1v) is 4.60. The van der Waals surface area contributed by atoms with E-state index >= 15 is 0 Å². The van der Waals surface area contributed by atoms with Crippen molar-refractivity contribution in [2.75, 3.05) is 13.0 Å². The molecule has 2 atom stereocenters. The largest absolute Gasteiger partial charge is 0.316 e. The Morgan fingerprint density at radius 2 is 2.50 bits per heavy atom. The van der Waals surface area contributed by atoms with Crippen molar-refractivity contribution in [3.63, 3.8) is 0 Å². The first kappa shape index (κ1) is 5.74. The molecule has 1 aromatic carbocycles. The van der Waals surface area contributed by atoms with E-state index in [9.17, 15) is 0 Å². The summed E-state index contributed by atoms with van der Waals surface area (Å²) in [6, 6.07) is 6.72. The molecule has 3 heteroatoms. The molecule has 1 nitrogen and oxygen atoms in total. The van der Waals surface area contributed by atoms with Crippen LogP contribution in [0, 0.1) is 5.89 Å². The van der Waals surface area contributed by atoms with Crippen molar-refractivity contribution in [2.45, 2.75) is 11.8 Å². The summed E-state index contributed by atoms with van der Waals surface area (Å²) in [5, 5.41) is 3.08. The van der Waals surface area contributed by atoms with Gasteiger partial charge in [0.1, 0.15) is 0 Å². The van der Waals surface area contributed by atoms with Gasteiger partial charge >= 0.3 is 0 Å². The highest BCUT2D eigenvalue weighted by Gasteiger charge is 2.57. The van der Waals surface area contributed by atoms with E-state index in [1.807, 2.05) is 0 Å². The summed E-state index contributed by atoms with van der Waals surface area (Å²) in [6.07, 6.45) is -1.90. The third-order valence-corrected chi connectivity index (χ3v) is 2.82. The fourth-order valence-electron chi connectivity index (χ4n) is 1.79. The van der Waals surface area contributed by atoms with Gasteiger partial charge in [-0.3, -0.25) is 0 Å². The van der Waals surface area contributed by atoms with Crippen molar-refractivity contribution in [1.29, 1.82) is 0 Å². The normalized spacial score (nSPS) is 51.1. The third kappa shape index (κ3) is 1.35. The maximum Gasteiger partial charge on any atom is 0.0431 e.